The van der Waals surface area contributed by atoms with Crippen molar-refractivity contribution in [3.05, 3.63) is 69.7 Å². The van der Waals surface area contributed by atoms with Gasteiger partial charge in [0.25, 0.3) is 0 Å². The molecule has 1 saturated heterocycles. The van der Waals surface area contributed by atoms with Crippen LogP contribution in [0.4, 0.5) is 0 Å². The normalized spacial score (nSPS) is 23.9. The summed E-state index contributed by atoms with van der Waals surface area (Å²) in [7, 11) is 0. The third-order valence-corrected chi connectivity index (χ3v) is 7.21. The van der Waals surface area contributed by atoms with Crippen molar-refractivity contribution in [1.29, 1.82) is 0 Å². The Bertz CT molecular complexity index is 1050. The first kappa shape index (κ1) is 24.2. The summed E-state index contributed by atoms with van der Waals surface area (Å²) in [6.45, 7) is 0.631. The average Bonchev–Trinajstić information content (AvgIpc) is 3.60. The molecule has 2 aromatic carbocycles. The van der Waals surface area contributed by atoms with E-state index in [9.17, 15) is 18.4 Å². The Balaban J connectivity index is 1.69. The lowest BCUT2D eigenvalue weighted by atomic mass is 9.74. The minimum atomic E-state index is -2.38. The Labute approximate surface area is 205 Å². The molecule has 4 rings (SSSR count). The van der Waals surface area contributed by atoms with Gasteiger partial charge in [-0.1, -0.05) is 47.5 Å². The van der Waals surface area contributed by atoms with Crippen molar-refractivity contribution in [2.24, 2.45) is 11.8 Å². The number of rotatable bonds is 8. The zero-order chi connectivity index (χ0) is 23.5. The average molecular weight is 508 g/mol. The van der Waals surface area contributed by atoms with Gasteiger partial charge in [-0.15, -0.1) is 0 Å². The van der Waals surface area contributed by atoms with Gasteiger partial charge in [0.05, 0.1) is 11.9 Å². The minimum Gasteiger partial charge on any atom is -0.771 e. The molecule has 1 aliphatic heterocycles. The summed E-state index contributed by atoms with van der Waals surface area (Å²) in [6.07, 6.45) is 2.57. The SMILES string of the molecule is O=C(CC1CC(c2cccc(Cl)c2)C(c2ccc(Cl)cc2)N(CC2CC2)C1=O)NCS(=O)[O-]. The van der Waals surface area contributed by atoms with Crippen LogP contribution in [0.3, 0.4) is 0 Å². The molecule has 1 N–H and O–H groups in total. The Morgan fingerprint density at radius 1 is 1.09 bits per heavy atom. The van der Waals surface area contributed by atoms with Crippen LogP contribution in [0.5, 0.6) is 0 Å². The Morgan fingerprint density at radius 2 is 1.82 bits per heavy atom. The molecule has 2 fully saturated rings. The highest BCUT2D eigenvalue weighted by molar-refractivity contribution is 7.79. The number of benzene rings is 2. The summed E-state index contributed by atoms with van der Waals surface area (Å²) in [5.74, 6) is -1.14. The number of halogens is 2. The second-order valence-electron chi connectivity index (χ2n) is 8.78. The van der Waals surface area contributed by atoms with E-state index < -0.39 is 28.8 Å². The number of carbonyl (C=O) groups is 2. The van der Waals surface area contributed by atoms with Crippen molar-refractivity contribution in [3.8, 4) is 0 Å². The van der Waals surface area contributed by atoms with E-state index in [0.29, 0.717) is 28.9 Å². The summed E-state index contributed by atoms with van der Waals surface area (Å²) in [6, 6.07) is 15.0. The fraction of sp³-hybridized carbons (Fsp3) is 0.417. The minimum absolute atomic E-state index is 0.0540. The number of amides is 2. The second kappa shape index (κ2) is 10.6. The maximum absolute atomic E-state index is 13.6. The van der Waals surface area contributed by atoms with E-state index in [2.05, 4.69) is 5.32 Å². The van der Waals surface area contributed by atoms with Crippen LogP contribution in [-0.4, -0.2) is 37.9 Å². The number of piperidine rings is 1. The van der Waals surface area contributed by atoms with Gasteiger partial charge in [0.2, 0.25) is 11.8 Å². The van der Waals surface area contributed by atoms with Crippen LogP contribution in [0, 0.1) is 11.8 Å². The molecule has 2 aliphatic rings. The molecule has 2 amide bonds. The van der Waals surface area contributed by atoms with E-state index in [1.165, 1.54) is 0 Å². The molecule has 2 aromatic rings. The van der Waals surface area contributed by atoms with Crippen LogP contribution in [0.2, 0.25) is 10.0 Å². The summed E-state index contributed by atoms with van der Waals surface area (Å²) >= 11 is 10.1. The molecule has 4 unspecified atom stereocenters. The molecule has 1 aliphatic carbocycles. The number of hydrogen-bond acceptors (Lipinski definition) is 4. The molecular formula is C24H25Cl2N2O4S-. The van der Waals surface area contributed by atoms with E-state index in [4.69, 9.17) is 23.2 Å². The van der Waals surface area contributed by atoms with Crippen molar-refractivity contribution < 1.29 is 18.4 Å². The zero-order valence-corrected chi connectivity index (χ0v) is 20.2. The van der Waals surface area contributed by atoms with Crippen LogP contribution in [0.25, 0.3) is 0 Å². The third-order valence-electron chi connectivity index (χ3n) is 6.35. The molecule has 176 valence electrons. The van der Waals surface area contributed by atoms with Crippen molar-refractivity contribution in [2.45, 2.75) is 37.6 Å². The Hall–Kier alpha value is -1.93. The first-order chi connectivity index (χ1) is 15.8. The van der Waals surface area contributed by atoms with Gasteiger partial charge in [0.15, 0.2) is 0 Å². The molecule has 0 aromatic heterocycles. The van der Waals surface area contributed by atoms with E-state index in [1.807, 2.05) is 53.4 Å². The molecule has 9 heteroatoms. The second-order valence-corrected chi connectivity index (χ2v) is 10.5. The summed E-state index contributed by atoms with van der Waals surface area (Å²) in [5, 5.41) is 3.61. The zero-order valence-electron chi connectivity index (χ0n) is 17.9. The van der Waals surface area contributed by atoms with Gasteiger partial charge >= 0.3 is 0 Å². The van der Waals surface area contributed by atoms with Gasteiger partial charge in [-0.2, -0.15) is 0 Å². The van der Waals surface area contributed by atoms with Crippen LogP contribution in [0.1, 0.15) is 48.8 Å². The lowest BCUT2D eigenvalue weighted by Gasteiger charge is -2.45. The van der Waals surface area contributed by atoms with Gasteiger partial charge < -0.3 is 14.8 Å². The number of likely N-dealkylation sites (tertiary alicyclic amines) is 1. The Kier molecular flexibility index (Phi) is 7.74. The molecule has 1 heterocycles. The molecule has 0 spiro atoms. The van der Waals surface area contributed by atoms with Gasteiger partial charge in [0, 0.05) is 34.8 Å². The van der Waals surface area contributed by atoms with E-state index >= 15 is 0 Å². The van der Waals surface area contributed by atoms with Crippen LogP contribution in [0.15, 0.2) is 48.5 Å². The van der Waals surface area contributed by atoms with Gasteiger partial charge in [0.1, 0.15) is 0 Å². The number of nitrogens with zero attached hydrogens (tertiary/aromatic N) is 1. The highest BCUT2D eigenvalue weighted by Gasteiger charge is 2.45. The summed E-state index contributed by atoms with van der Waals surface area (Å²) < 4.78 is 21.6. The maximum atomic E-state index is 13.6. The highest BCUT2D eigenvalue weighted by Crippen LogP contribution is 2.48. The molecule has 6 nitrogen and oxygen atoms in total. The quantitative estimate of drug-likeness (QED) is 0.535. The third kappa shape index (κ3) is 6.15. The Morgan fingerprint density at radius 3 is 2.45 bits per heavy atom. The number of carbonyl (C=O) groups excluding carboxylic acids is 2. The van der Waals surface area contributed by atoms with E-state index in [-0.39, 0.29) is 24.3 Å². The first-order valence-corrected chi connectivity index (χ1v) is 13.0. The first-order valence-electron chi connectivity index (χ1n) is 11.0. The van der Waals surface area contributed by atoms with Crippen molar-refractivity contribution in [3.63, 3.8) is 0 Å². The molecule has 33 heavy (non-hydrogen) atoms. The van der Waals surface area contributed by atoms with Crippen LogP contribution < -0.4 is 5.32 Å². The lowest BCUT2D eigenvalue weighted by Crippen LogP contribution is -2.48. The fourth-order valence-corrected chi connectivity index (χ4v) is 5.24. The topological polar surface area (TPSA) is 89.5 Å². The standard InChI is InChI=1S/C24H26Cl2N2O4S/c25-19-8-6-16(7-9-19)23-21(17-2-1-3-20(26)10-17)11-18(12-22(29)27-14-33(31)32)24(30)28(23)13-15-4-5-15/h1-3,6-10,15,18,21,23H,4-5,11-14H2,(H,27,29)(H,31,32)/p-1. The van der Waals surface area contributed by atoms with Gasteiger partial charge in [-0.05, 0) is 71.7 Å². The highest BCUT2D eigenvalue weighted by atomic mass is 35.5. The predicted molar refractivity (Wildman–Crippen MR) is 127 cm³/mol. The van der Waals surface area contributed by atoms with Crippen molar-refractivity contribution in [2.75, 3.05) is 12.4 Å². The summed E-state index contributed by atoms with van der Waals surface area (Å²) in [4.78, 5) is 27.9. The predicted octanol–water partition coefficient (Wildman–Crippen LogP) is 4.42. The van der Waals surface area contributed by atoms with Gasteiger partial charge in [-0.3, -0.25) is 13.8 Å². The maximum Gasteiger partial charge on any atom is 0.226 e. The molecule has 1 saturated carbocycles. The smallest absolute Gasteiger partial charge is 0.226 e. The number of nitrogens with one attached hydrogen (secondary N) is 1. The summed E-state index contributed by atoms with van der Waals surface area (Å²) in [5.41, 5.74) is 1.99. The van der Waals surface area contributed by atoms with Crippen molar-refractivity contribution >= 4 is 46.1 Å². The molecular weight excluding hydrogens is 483 g/mol. The van der Waals surface area contributed by atoms with Gasteiger partial charge in [-0.25, -0.2) is 0 Å². The van der Waals surface area contributed by atoms with Crippen molar-refractivity contribution in [1.82, 2.24) is 10.2 Å². The lowest BCUT2D eigenvalue weighted by molar-refractivity contribution is -0.146. The van der Waals surface area contributed by atoms with Crippen LogP contribution in [-0.2, 0) is 20.7 Å². The molecule has 0 bridgehead atoms. The molecule has 0 radical (unpaired) electrons. The monoisotopic (exact) mass is 507 g/mol. The van der Waals surface area contributed by atoms with Crippen LogP contribution >= 0.6 is 23.2 Å². The van der Waals surface area contributed by atoms with E-state index in [0.717, 1.165) is 24.0 Å². The molecule has 4 atom stereocenters. The number of hydrogen-bond donors (Lipinski definition) is 1. The largest absolute Gasteiger partial charge is 0.771 e. The van der Waals surface area contributed by atoms with E-state index in [1.54, 1.807) is 0 Å². The fourth-order valence-electron chi connectivity index (χ4n) is 4.64.